The van der Waals surface area contributed by atoms with Crippen molar-refractivity contribution in [1.82, 2.24) is 19.9 Å². The van der Waals surface area contributed by atoms with Gasteiger partial charge < -0.3 is 14.5 Å². The molecule has 0 saturated carbocycles. The Labute approximate surface area is 229 Å². The van der Waals surface area contributed by atoms with Crippen molar-refractivity contribution in [2.45, 2.75) is 17.9 Å². The summed E-state index contributed by atoms with van der Waals surface area (Å²) in [5, 5.41) is 7.12. The Morgan fingerprint density at radius 1 is 1.08 bits per heavy atom. The zero-order valence-electron chi connectivity index (χ0n) is 21.6. The van der Waals surface area contributed by atoms with Gasteiger partial charge in [0.25, 0.3) is 5.91 Å². The molecule has 3 aromatic heterocycles. The Morgan fingerprint density at radius 3 is 2.51 bits per heavy atom. The lowest BCUT2D eigenvalue weighted by Crippen LogP contribution is -2.24. The molecule has 0 saturated heterocycles. The van der Waals surface area contributed by atoms with Gasteiger partial charge in [-0.2, -0.15) is 0 Å². The van der Waals surface area contributed by atoms with Crippen molar-refractivity contribution < 1.29 is 22.8 Å². The van der Waals surface area contributed by atoms with Crippen molar-refractivity contribution in [3.05, 3.63) is 66.2 Å². The molecule has 0 unspecified atom stereocenters. The molecule has 0 aliphatic carbocycles. The van der Waals surface area contributed by atoms with Gasteiger partial charge in [-0.25, -0.2) is 28.4 Å². The van der Waals surface area contributed by atoms with Crippen molar-refractivity contribution >= 4 is 54.1 Å². The Hall–Kier alpha value is -4.01. The van der Waals surface area contributed by atoms with Crippen LogP contribution in [0, 0.1) is 0 Å². The minimum atomic E-state index is -3.51. The van der Waals surface area contributed by atoms with Gasteiger partial charge in [0, 0.05) is 45.8 Å². The monoisotopic (exact) mass is 569 g/mol. The number of anilines is 2. The number of aromatic nitrogens is 4. The van der Waals surface area contributed by atoms with E-state index in [1.807, 2.05) is 31.1 Å². The summed E-state index contributed by atoms with van der Waals surface area (Å²) in [6.45, 7) is 0.274. The highest BCUT2D eigenvalue weighted by Crippen LogP contribution is 2.26. The molecule has 4 aromatic rings. The van der Waals surface area contributed by atoms with Crippen molar-refractivity contribution in [1.29, 1.82) is 0 Å². The Morgan fingerprint density at radius 2 is 1.82 bits per heavy atom. The number of carbonyl (C=O) groups excluding carboxylic acids is 1. The molecule has 0 fully saturated rings. The standard InChI is InChI=1S/C25H27N7O5S2/c1-32(2)21-11-10-19-24(29-21)38-25(28-19)30-23(33)22(31-37-16-20-26-12-4-13-27-20)17-6-8-18(9-7-17)39(34,35)15-5-14-36-3/h4,6-13H,5,14-16H2,1-3H3,(H,28,30,33). The molecule has 12 nitrogen and oxygen atoms in total. The topological polar surface area (TPSA) is 149 Å². The van der Waals surface area contributed by atoms with Gasteiger partial charge in [-0.05, 0) is 36.8 Å². The van der Waals surface area contributed by atoms with Crippen LogP contribution in [0.1, 0.15) is 17.8 Å². The summed E-state index contributed by atoms with van der Waals surface area (Å²) in [6.07, 6.45) is 3.51. The van der Waals surface area contributed by atoms with Crippen molar-refractivity contribution in [3.8, 4) is 0 Å². The normalized spacial score (nSPS) is 11.9. The lowest BCUT2D eigenvalue weighted by Gasteiger charge is -2.09. The molecule has 0 spiro atoms. The molecule has 0 atom stereocenters. The quantitative estimate of drug-likeness (QED) is 0.153. The van der Waals surface area contributed by atoms with E-state index in [0.29, 0.717) is 39.9 Å². The molecule has 4 rings (SSSR count). The summed E-state index contributed by atoms with van der Waals surface area (Å²) in [5.74, 6) is 0.502. The van der Waals surface area contributed by atoms with E-state index in [0.717, 1.165) is 5.82 Å². The predicted octanol–water partition coefficient (Wildman–Crippen LogP) is 2.92. The number of hydrogen-bond donors (Lipinski definition) is 1. The molecule has 1 aromatic carbocycles. The summed E-state index contributed by atoms with van der Waals surface area (Å²) in [6, 6.07) is 11.2. The van der Waals surface area contributed by atoms with Crippen LogP contribution >= 0.6 is 11.3 Å². The van der Waals surface area contributed by atoms with Crippen LogP contribution in [-0.4, -0.2) is 73.5 Å². The van der Waals surface area contributed by atoms with Crippen molar-refractivity contribution in [3.63, 3.8) is 0 Å². The average Bonchev–Trinajstić information content (AvgIpc) is 3.33. The van der Waals surface area contributed by atoms with Crippen LogP contribution in [0.15, 0.2) is 64.9 Å². The fourth-order valence-corrected chi connectivity index (χ4v) is 5.49. The number of nitrogens with zero attached hydrogens (tertiary/aromatic N) is 6. The second kappa shape index (κ2) is 12.7. The number of thiazole rings is 1. The molecule has 0 bridgehead atoms. The number of carbonyl (C=O) groups is 1. The Kier molecular flexibility index (Phi) is 9.11. The fourth-order valence-electron chi connectivity index (χ4n) is 3.38. The van der Waals surface area contributed by atoms with Crippen LogP contribution in [0.5, 0.6) is 0 Å². The summed E-state index contributed by atoms with van der Waals surface area (Å²) >= 11 is 1.22. The van der Waals surface area contributed by atoms with Gasteiger partial charge in [0.2, 0.25) is 0 Å². The number of pyridine rings is 1. The van der Waals surface area contributed by atoms with Gasteiger partial charge in [0.1, 0.15) is 16.2 Å². The second-order valence-corrected chi connectivity index (χ2v) is 11.5. The number of oxime groups is 1. The van der Waals surface area contributed by atoms with E-state index >= 15 is 0 Å². The van der Waals surface area contributed by atoms with Gasteiger partial charge in [0.15, 0.2) is 33.1 Å². The number of amides is 1. The lowest BCUT2D eigenvalue weighted by atomic mass is 10.1. The third-order valence-electron chi connectivity index (χ3n) is 5.35. The second-order valence-electron chi connectivity index (χ2n) is 8.43. The number of hydrogen-bond acceptors (Lipinski definition) is 12. The van der Waals surface area contributed by atoms with E-state index in [2.05, 4.69) is 30.4 Å². The number of methoxy groups -OCH3 is 1. The Bertz CT molecular complexity index is 1560. The summed E-state index contributed by atoms with van der Waals surface area (Å²) < 4.78 is 30.2. The molecule has 0 aliphatic rings. The lowest BCUT2D eigenvalue weighted by molar-refractivity contribution is -0.110. The predicted molar refractivity (Wildman–Crippen MR) is 149 cm³/mol. The molecule has 0 radical (unpaired) electrons. The van der Waals surface area contributed by atoms with E-state index < -0.39 is 15.7 Å². The summed E-state index contributed by atoms with van der Waals surface area (Å²) in [5.41, 5.74) is 0.918. The van der Waals surface area contributed by atoms with Gasteiger partial charge >= 0.3 is 0 Å². The van der Waals surface area contributed by atoms with Crippen LogP contribution in [0.4, 0.5) is 10.9 Å². The van der Waals surface area contributed by atoms with Crippen LogP contribution in [-0.2, 0) is 30.8 Å². The minimum Gasteiger partial charge on any atom is -0.387 e. The fraction of sp³-hybridized carbons (Fsp3) is 0.280. The molecule has 3 heterocycles. The molecule has 0 aliphatic heterocycles. The first kappa shape index (κ1) is 28.0. The minimum absolute atomic E-state index is 0.0526. The first-order valence-electron chi connectivity index (χ1n) is 11.8. The molecule has 14 heteroatoms. The molecule has 1 amide bonds. The highest BCUT2D eigenvalue weighted by molar-refractivity contribution is 7.91. The maximum Gasteiger partial charge on any atom is 0.280 e. The third-order valence-corrected chi connectivity index (χ3v) is 8.05. The van der Waals surface area contributed by atoms with Crippen LogP contribution < -0.4 is 10.2 Å². The number of sulfone groups is 1. The van der Waals surface area contributed by atoms with E-state index in [1.165, 1.54) is 42.7 Å². The van der Waals surface area contributed by atoms with Crippen LogP contribution in [0.3, 0.4) is 0 Å². The van der Waals surface area contributed by atoms with E-state index in [1.54, 1.807) is 18.5 Å². The number of ether oxygens (including phenoxy) is 1. The van der Waals surface area contributed by atoms with Crippen molar-refractivity contribution in [2.24, 2.45) is 5.16 Å². The maximum absolute atomic E-state index is 13.3. The number of rotatable bonds is 12. The number of nitrogens with one attached hydrogen (secondary N) is 1. The van der Waals surface area contributed by atoms with Crippen LogP contribution in [0.25, 0.3) is 10.3 Å². The highest BCUT2D eigenvalue weighted by atomic mass is 32.2. The first-order chi connectivity index (χ1) is 18.8. The van der Waals surface area contributed by atoms with Gasteiger partial charge in [-0.15, -0.1) is 0 Å². The van der Waals surface area contributed by atoms with Crippen LogP contribution in [0.2, 0.25) is 0 Å². The highest BCUT2D eigenvalue weighted by Gasteiger charge is 2.20. The van der Waals surface area contributed by atoms with E-state index in [9.17, 15) is 13.2 Å². The van der Waals surface area contributed by atoms with Gasteiger partial charge in [-0.3, -0.25) is 10.1 Å². The summed E-state index contributed by atoms with van der Waals surface area (Å²) in [4.78, 5) is 38.5. The SMILES string of the molecule is COCCCS(=O)(=O)c1ccc(C(=NOCc2ncccn2)C(=O)Nc2nc3ccc(N(C)C)nc3s2)cc1. The van der Waals surface area contributed by atoms with Crippen molar-refractivity contribution in [2.75, 3.05) is 43.8 Å². The third kappa shape index (κ3) is 7.31. The molecular formula is C25H27N7O5S2. The molecular weight excluding hydrogens is 542 g/mol. The molecule has 1 N–H and O–H groups in total. The first-order valence-corrected chi connectivity index (χ1v) is 14.3. The average molecular weight is 570 g/mol. The Balaban J connectivity index is 1.58. The van der Waals surface area contributed by atoms with Gasteiger partial charge in [-0.1, -0.05) is 28.6 Å². The van der Waals surface area contributed by atoms with Gasteiger partial charge in [0.05, 0.1) is 10.6 Å². The smallest absolute Gasteiger partial charge is 0.280 e. The van der Waals surface area contributed by atoms with E-state index in [-0.39, 0.29) is 23.0 Å². The number of benzene rings is 1. The summed E-state index contributed by atoms with van der Waals surface area (Å²) in [7, 11) is 1.78. The zero-order valence-corrected chi connectivity index (χ0v) is 23.2. The maximum atomic E-state index is 13.3. The van der Waals surface area contributed by atoms with E-state index in [4.69, 9.17) is 9.57 Å². The largest absolute Gasteiger partial charge is 0.387 e. The molecule has 39 heavy (non-hydrogen) atoms. The zero-order chi connectivity index (χ0) is 27.8. The number of fused-ring (bicyclic) bond motifs is 1. The molecule has 204 valence electrons.